The molecule has 12 nitrogen and oxygen atoms in total. The Labute approximate surface area is 201 Å². The molecule has 2 aliphatic rings. The molecule has 15 heteroatoms. The number of nitrogens with two attached hydrogens (primary N) is 1. The number of aromatic amines is 1. The molecule has 2 saturated heterocycles. The van der Waals surface area contributed by atoms with Crippen molar-refractivity contribution < 1.29 is 37.5 Å². The van der Waals surface area contributed by atoms with Gasteiger partial charge in [0, 0.05) is 12.6 Å². The predicted molar refractivity (Wildman–Crippen MR) is 120 cm³/mol. The smallest absolute Gasteiger partial charge is 0.385 e. The van der Waals surface area contributed by atoms with Gasteiger partial charge in [-0.25, -0.2) is 8.96 Å². The first-order chi connectivity index (χ1) is 16.5. The summed E-state index contributed by atoms with van der Waals surface area (Å²) in [5, 5.41) is 21.8. The molecular weight excluding hydrogens is 510 g/mol. The van der Waals surface area contributed by atoms with Crippen molar-refractivity contribution in [3.8, 4) is 0 Å². The van der Waals surface area contributed by atoms with Crippen molar-refractivity contribution in [1.82, 2.24) is 14.5 Å². The van der Waals surface area contributed by atoms with Crippen LogP contribution < -0.4 is 11.3 Å². The fraction of sp³-hybridized carbons (Fsp3) is 0.400. The molecule has 0 spiro atoms. The van der Waals surface area contributed by atoms with Crippen LogP contribution in [-0.2, 0) is 22.9 Å². The summed E-state index contributed by atoms with van der Waals surface area (Å²) in [5.74, 6) is -0.776. The fourth-order valence-corrected chi connectivity index (χ4v) is 5.72. The molecule has 6 atom stereocenters. The third-order valence-electron chi connectivity index (χ3n) is 5.91. The summed E-state index contributed by atoms with van der Waals surface area (Å²) in [6.45, 7) is 1.24. The molecule has 188 valence electrons. The number of anilines is 1. The average Bonchev–Trinajstić information content (AvgIpc) is 3.29. The number of hydrogen-bond donors (Lipinski definition) is 4. The monoisotopic (exact) mass is 530 g/mol. The third-order valence-corrected chi connectivity index (χ3v) is 7.67. The first-order valence-corrected chi connectivity index (χ1v) is 12.3. The first-order valence-electron chi connectivity index (χ1n) is 10.5. The predicted octanol–water partition coefficient (Wildman–Crippen LogP) is 2.37. The summed E-state index contributed by atoms with van der Waals surface area (Å²) >= 11 is 5.84. The molecule has 1 aromatic carbocycles. The number of hydrogen-bond acceptors (Lipinski definition) is 10. The van der Waals surface area contributed by atoms with Gasteiger partial charge < -0.3 is 25.3 Å². The summed E-state index contributed by atoms with van der Waals surface area (Å²) in [5.41, 5.74) is 3.70. The standard InChI is InChI=1S/C20H21ClFN4O8P/c1-20(29)14(27)17(32-18(20)26-6-4-10-15(26)24-19(23)25-16(10)28)34-35(30)31-7-5-13(33-35)9-2-3-12(22)11(21)8-9/h2-4,6,8,13-14,17-18,27,29H,5,7H2,1H3,(H3,23,24,25,28)/t13-,14+,17?,18+,20+,35?/m0/s1. The fourth-order valence-electron chi connectivity index (χ4n) is 4.07. The van der Waals surface area contributed by atoms with E-state index in [0.29, 0.717) is 5.56 Å². The molecule has 0 bridgehead atoms. The normalized spacial score (nSPS) is 33.4. The van der Waals surface area contributed by atoms with Gasteiger partial charge in [-0.1, -0.05) is 17.7 Å². The zero-order valence-corrected chi connectivity index (χ0v) is 19.8. The number of nitrogen functional groups attached to an aromatic ring is 1. The molecule has 35 heavy (non-hydrogen) atoms. The minimum absolute atomic E-state index is 0.0339. The lowest BCUT2D eigenvalue weighted by molar-refractivity contribution is -0.145. The van der Waals surface area contributed by atoms with Crippen LogP contribution in [0.25, 0.3) is 11.0 Å². The molecule has 5 rings (SSSR count). The lowest BCUT2D eigenvalue weighted by Gasteiger charge is -2.31. The second kappa shape index (κ2) is 8.64. The van der Waals surface area contributed by atoms with Gasteiger partial charge in [-0.2, -0.15) is 4.98 Å². The Balaban J connectivity index is 1.40. The van der Waals surface area contributed by atoms with E-state index in [9.17, 15) is 24.0 Å². The number of rotatable bonds is 4. The SMILES string of the molecule is C[C@@]1(O)[C@H](O)C(OP2(=O)OCC[C@@H](c3ccc(F)c(Cl)c3)O2)O[C@H]1n1ccc2c(=O)[nH]c(N)nc21. The van der Waals surface area contributed by atoms with E-state index in [1.165, 1.54) is 35.9 Å². The lowest BCUT2D eigenvalue weighted by Crippen LogP contribution is -2.44. The van der Waals surface area contributed by atoms with E-state index in [4.69, 9.17) is 35.6 Å². The minimum Gasteiger partial charge on any atom is -0.385 e. The molecular formula is C20H21ClFN4O8P. The van der Waals surface area contributed by atoms with Crippen LogP contribution in [0.2, 0.25) is 5.02 Å². The zero-order chi connectivity index (χ0) is 25.1. The number of aromatic nitrogens is 3. The van der Waals surface area contributed by atoms with E-state index in [1.807, 2.05) is 0 Å². The largest absolute Gasteiger partial charge is 0.477 e. The summed E-state index contributed by atoms with van der Waals surface area (Å²) < 4.78 is 50.0. The highest BCUT2D eigenvalue weighted by atomic mass is 35.5. The van der Waals surface area contributed by atoms with Gasteiger partial charge in [0.25, 0.3) is 5.56 Å². The van der Waals surface area contributed by atoms with Crippen molar-refractivity contribution in [3.63, 3.8) is 0 Å². The van der Waals surface area contributed by atoms with Crippen molar-refractivity contribution in [2.24, 2.45) is 0 Å². The van der Waals surface area contributed by atoms with E-state index in [2.05, 4.69) is 9.97 Å². The summed E-state index contributed by atoms with van der Waals surface area (Å²) in [6.07, 6.45) is -3.76. The highest BCUT2D eigenvalue weighted by Crippen LogP contribution is 2.59. The Morgan fingerprint density at radius 2 is 2.20 bits per heavy atom. The van der Waals surface area contributed by atoms with Crippen molar-refractivity contribution in [2.75, 3.05) is 12.3 Å². The number of nitrogens with one attached hydrogen (secondary N) is 1. The van der Waals surface area contributed by atoms with E-state index in [-0.39, 0.29) is 35.0 Å². The highest BCUT2D eigenvalue weighted by molar-refractivity contribution is 7.48. The van der Waals surface area contributed by atoms with Crippen LogP contribution >= 0.6 is 19.4 Å². The molecule has 2 aromatic heterocycles. The summed E-state index contributed by atoms with van der Waals surface area (Å²) in [7, 11) is -4.30. The number of aliphatic hydroxyl groups is 2. The topological polar surface area (TPSA) is 171 Å². The number of aliphatic hydroxyl groups excluding tert-OH is 1. The quantitative estimate of drug-likeness (QED) is 0.367. The van der Waals surface area contributed by atoms with Crippen LogP contribution in [-0.4, -0.2) is 49.4 Å². The summed E-state index contributed by atoms with van der Waals surface area (Å²) in [6, 6.07) is 5.37. The van der Waals surface area contributed by atoms with Gasteiger partial charge in [0.1, 0.15) is 17.5 Å². The van der Waals surface area contributed by atoms with Crippen LogP contribution in [0.1, 0.15) is 31.2 Å². The number of phosphoric ester groups is 1. The minimum atomic E-state index is -4.30. The second-order valence-corrected chi connectivity index (χ2v) is 10.4. The lowest BCUT2D eigenvalue weighted by atomic mass is 9.99. The van der Waals surface area contributed by atoms with Gasteiger partial charge in [0.15, 0.2) is 11.9 Å². The summed E-state index contributed by atoms with van der Waals surface area (Å²) in [4.78, 5) is 18.6. The van der Waals surface area contributed by atoms with Crippen molar-refractivity contribution >= 4 is 36.4 Å². The zero-order valence-electron chi connectivity index (χ0n) is 18.1. The highest BCUT2D eigenvalue weighted by Gasteiger charge is 2.56. The van der Waals surface area contributed by atoms with E-state index >= 15 is 0 Å². The maximum Gasteiger partial charge on any atom is 0.477 e. The Kier molecular flexibility index (Phi) is 6.01. The third kappa shape index (κ3) is 4.28. The first kappa shape index (κ1) is 24.3. The Hall–Kier alpha value is -2.35. The Bertz CT molecular complexity index is 1400. The number of benzene rings is 1. The van der Waals surface area contributed by atoms with Gasteiger partial charge in [-0.05, 0) is 30.7 Å². The van der Waals surface area contributed by atoms with Gasteiger partial charge in [-0.3, -0.25) is 23.3 Å². The maximum absolute atomic E-state index is 13.5. The number of nitrogens with zero attached hydrogens (tertiary/aromatic N) is 2. The molecule has 2 unspecified atom stereocenters. The van der Waals surface area contributed by atoms with E-state index in [0.717, 1.165) is 6.07 Å². The van der Waals surface area contributed by atoms with Crippen molar-refractivity contribution in [1.29, 1.82) is 0 Å². The molecule has 4 heterocycles. The number of halogens is 2. The van der Waals surface area contributed by atoms with Gasteiger partial charge >= 0.3 is 7.82 Å². The average molecular weight is 531 g/mol. The van der Waals surface area contributed by atoms with Gasteiger partial charge in [-0.15, -0.1) is 0 Å². The number of fused-ring (bicyclic) bond motifs is 1. The molecule has 0 radical (unpaired) electrons. The number of H-pyrrole nitrogens is 1. The van der Waals surface area contributed by atoms with Crippen LogP contribution in [0.15, 0.2) is 35.3 Å². The number of ether oxygens (including phenoxy) is 1. The van der Waals surface area contributed by atoms with Crippen LogP contribution in [0, 0.1) is 5.82 Å². The molecule has 0 saturated carbocycles. The molecule has 0 amide bonds. The van der Waals surface area contributed by atoms with Crippen molar-refractivity contribution in [2.45, 2.75) is 43.7 Å². The Morgan fingerprint density at radius 3 is 2.94 bits per heavy atom. The van der Waals surface area contributed by atoms with Gasteiger partial charge in [0.2, 0.25) is 12.2 Å². The molecule has 3 aromatic rings. The van der Waals surface area contributed by atoms with Gasteiger partial charge in [0.05, 0.1) is 23.1 Å². The number of phosphoric acid groups is 1. The second-order valence-electron chi connectivity index (χ2n) is 8.38. The molecule has 2 fully saturated rings. The Morgan fingerprint density at radius 1 is 1.43 bits per heavy atom. The van der Waals surface area contributed by atoms with E-state index in [1.54, 1.807) is 0 Å². The maximum atomic E-state index is 13.5. The van der Waals surface area contributed by atoms with Crippen LogP contribution in [0.3, 0.4) is 0 Å². The van der Waals surface area contributed by atoms with Crippen LogP contribution in [0.4, 0.5) is 10.3 Å². The van der Waals surface area contributed by atoms with Crippen molar-refractivity contribution in [3.05, 3.63) is 57.2 Å². The van der Waals surface area contributed by atoms with Crippen LogP contribution in [0.5, 0.6) is 0 Å². The molecule has 0 aliphatic carbocycles. The molecule has 5 N–H and O–H groups in total. The molecule has 2 aliphatic heterocycles. The van der Waals surface area contributed by atoms with E-state index < -0.39 is 49.5 Å².